The number of hydrazone groups is 1. The largest absolute Gasteiger partial charge is 0.272 e. The third kappa shape index (κ3) is 4.67. The molecular weight excluding hydrogens is 384 g/mol. The molecule has 5 heteroatoms. The van der Waals surface area contributed by atoms with Crippen molar-refractivity contribution in [3.8, 4) is 11.3 Å². The Morgan fingerprint density at radius 1 is 1.06 bits per heavy atom. The van der Waals surface area contributed by atoms with Crippen molar-refractivity contribution in [2.24, 2.45) is 5.10 Å². The molecule has 0 fully saturated rings. The first-order valence-electron chi connectivity index (χ1n) is 10.4. The Morgan fingerprint density at radius 2 is 1.81 bits per heavy atom. The summed E-state index contributed by atoms with van der Waals surface area (Å²) in [5.74, 6) is 0.236. The summed E-state index contributed by atoms with van der Waals surface area (Å²) < 4.78 is 0. The second kappa shape index (κ2) is 9.30. The second-order valence-corrected chi connectivity index (χ2v) is 7.48. The first kappa shape index (κ1) is 20.4. The number of rotatable bonds is 6. The molecule has 2 aromatic carbocycles. The molecule has 1 N–H and O–H groups in total. The number of amides is 1. The molecule has 1 atom stereocenters. The van der Waals surface area contributed by atoms with Crippen molar-refractivity contribution in [2.75, 3.05) is 0 Å². The van der Waals surface area contributed by atoms with Gasteiger partial charge in [-0.1, -0.05) is 56.3 Å². The highest BCUT2D eigenvalue weighted by Gasteiger charge is 2.14. The van der Waals surface area contributed by atoms with Gasteiger partial charge in [0.25, 0.3) is 5.91 Å². The fourth-order valence-corrected chi connectivity index (χ4v) is 3.40. The van der Waals surface area contributed by atoms with Gasteiger partial charge in [0.15, 0.2) is 0 Å². The molecule has 0 saturated carbocycles. The number of carbonyl (C=O) groups excluding carboxylic acids is 1. The summed E-state index contributed by atoms with van der Waals surface area (Å²) in [6.45, 7) is 4.41. The smallest absolute Gasteiger partial charge is 0.267 e. The van der Waals surface area contributed by atoms with Gasteiger partial charge in [0, 0.05) is 23.3 Å². The third-order valence-electron chi connectivity index (χ3n) is 5.43. The molecule has 0 saturated heterocycles. The van der Waals surface area contributed by atoms with E-state index in [4.69, 9.17) is 4.98 Å². The molecule has 0 spiro atoms. The Morgan fingerprint density at radius 3 is 2.55 bits per heavy atom. The van der Waals surface area contributed by atoms with Crippen LogP contribution >= 0.6 is 0 Å². The number of hydrogen-bond donors (Lipinski definition) is 1. The first-order valence-corrected chi connectivity index (χ1v) is 10.4. The average Bonchev–Trinajstić information content (AvgIpc) is 2.83. The molecular formula is C26H24N4O. The van der Waals surface area contributed by atoms with Gasteiger partial charge in [-0.3, -0.25) is 9.78 Å². The van der Waals surface area contributed by atoms with Gasteiger partial charge >= 0.3 is 0 Å². The van der Waals surface area contributed by atoms with E-state index in [0.717, 1.165) is 34.1 Å². The Bertz CT molecular complexity index is 1220. The molecule has 4 rings (SSSR count). The predicted molar refractivity (Wildman–Crippen MR) is 125 cm³/mol. The van der Waals surface area contributed by atoms with Crippen LogP contribution in [0.3, 0.4) is 0 Å². The number of para-hydroxylation sites is 1. The minimum atomic E-state index is -0.276. The van der Waals surface area contributed by atoms with E-state index in [9.17, 15) is 4.79 Å². The highest BCUT2D eigenvalue weighted by molar-refractivity contribution is 6.07. The van der Waals surface area contributed by atoms with Gasteiger partial charge in [0.05, 0.1) is 23.0 Å². The van der Waals surface area contributed by atoms with Gasteiger partial charge in [0.2, 0.25) is 0 Å². The van der Waals surface area contributed by atoms with Crippen molar-refractivity contribution in [1.82, 2.24) is 15.4 Å². The zero-order valence-electron chi connectivity index (χ0n) is 17.6. The molecule has 1 amide bonds. The van der Waals surface area contributed by atoms with E-state index in [-0.39, 0.29) is 5.91 Å². The van der Waals surface area contributed by atoms with Crippen LogP contribution < -0.4 is 5.43 Å². The highest BCUT2D eigenvalue weighted by Crippen LogP contribution is 2.27. The van der Waals surface area contributed by atoms with Crippen molar-refractivity contribution in [3.05, 3.63) is 95.8 Å². The van der Waals surface area contributed by atoms with E-state index in [1.165, 1.54) is 5.56 Å². The summed E-state index contributed by atoms with van der Waals surface area (Å²) in [4.78, 5) is 21.7. The average molecular weight is 409 g/mol. The third-order valence-corrected chi connectivity index (χ3v) is 5.43. The van der Waals surface area contributed by atoms with Crippen LogP contribution in [0.25, 0.3) is 22.2 Å². The molecule has 154 valence electrons. The van der Waals surface area contributed by atoms with Gasteiger partial charge in [0.1, 0.15) is 0 Å². The Balaban J connectivity index is 1.66. The topological polar surface area (TPSA) is 67.2 Å². The molecule has 5 nitrogen and oxygen atoms in total. The molecule has 31 heavy (non-hydrogen) atoms. The number of carbonyl (C=O) groups is 1. The fourth-order valence-electron chi connectivity index (χ4n) is 3.40. The maximum atomic E-state index is 12.9. The first-order chi connectivity index (χ1) is 15.2. The van der Waals surface area contributed by atoms with E-state index >= 15 is 0 Å². The Labute approximate surface area is 181 Å². The molecule has 0 aliphatic rings. The molecule has 1 unspecified atom stereocenters. The summed E-state index contributed by atoms with van der Waals surface area (Å²) in [6.07, 6.45) is 6.05. The quantitative estimate of drug-likeness (QED) is 0.335. The molecule has 2 aromatic heterocycles. The SMILES string of the molecule is CCC(C)c1ccc(-c2cc(C(=O)N/N=C\c3ccncc3)c3ccccc3n2)cc1. The molecule has 4 aromatic rings. The van der Waals surface area contributed by atoms with E-state index in [2.05, 4.69) is 53.6 Å². The Hall–Kier alpha value is -3.86. The van der Waals surface area contributed by atoms with Crippen LogP contribution in [0, 0.1) is 0 Å². The lowest BCUT2D eigenvalue weighted by Crippen LogP contribution is -2.18. The lowest BCUT2D eigenvalue weighted by molar-refractivity contribution is 0.0956. The van der Waals surface area contributed by atoms with Crippen molar-refractivity contribution in [1.29, 1.82) is 0 Å². The van der Waals surface area contributed by atoms with Gasteiger partial charge in [-0.15, -0.1) is 0 Å². The molecule has 2 heterocycles. The summed E-state index contributed by atoms with van der Waals surface area (Å²) in [6, 6.07) is 21.5. The van der Waals surface area contributed by atoms with Crippen LogP contribution in [0.2, 0.25) is 0 Å². The van der Waals surface area contributed by atoms with Crippen LogP contribution in [0.15, 0.2) is 84.2 Å². The van der Waals surface area contributed by atoms with Crippen LogP contribution in [0.5, 0.6) is 0 Å². The number of nitrogens with one attached hydrogen (secondary N) is 1. The predicted octanol–water partition coefficient (Wildman–Crippen LogP) is 5.57. The van der Waals surface area contributed by atoms with Crippen molar-refractivity contribution >= 4 is 23.0 Å². The zero-order valence-corrected chi connectivity index (χ0v) is 17.6. The van der Waals surface area contributed by atoms with Gasteiger partial charge in [-0.2, -0.15) is 5.10 Å². The second-order valence-electron chi connectivity index (χ2n) is 7.48. The number of hydrogen-bond acceptors (Lipinski definition) is 4. The van der Waals surface area contributed by atoms with E-state index in [1.807, 2.05) is 42.5 Å². The summed E-state index contributed by atoms with van der Waals surface area (Å²) >= 11 is 0. The summed E-state index contributed by atoms with van der Waals surface area (Å²) in [7, 11) is 0. The van der Waals surface area contributed by atoms with Crippen LogP contribution in [-0.2, 0) is 0 Å². The number of benzene rings is 2. The number of fused-ring (bicyclic) bond motifs is 1. The van der Waals surface area contributed by atoms with Gasteiger partial charge in [-0.05, 0) is 47.7 Å². The molecule has 0 bridgehead atoms. The number of pyridine rings is 2. The molecule has 0 aliphatic heterocycles. The Kier molecular flexibility index (Phi) is 6.13. The van der Waals surface area contributed by atoms with Crippen LogP contribution in [0.4, 0.5) is 0 Å². The van der Waals surface area contributed by atoms with E-state index < -0.39 is 0 Å². The maximum Gasteiger partial charge on any atom is 0.272 e. The minimum absolute atomic E-state index is 0.276. The lowest BCUT2D eigenvalue weighted by atomic mass is 9.96. The van der Waals surface area contributed by atoms with Gasteiger partial charge in [-0.25, -0.2) is 10.4 Å². The standard InChI is InChI=1S/C26H24N4O/c1-3-18(2)20-8-10-21(11-9-20)25-16-23(22-6-4-5-7-24(22)29-25)26(31)30-28-17-19-12-14-27-15-13-19/h4-18H,3H2,1-2H3,(H,30,31)/b28-17-. The highest BCUT2D eigenvalue weighted by atomic mass is 16.2. The fraction of sp³-hybridized carbons (Fsp3) is 0.154. The summed E-state index contributed by atoms with van der Waals surface area (Å²) in [5.41, 5.74) is 7.85. The van der Waals surface area contributed by atoms with E-state index in [0.29, 0.717) is 11.5 Å². The van der Waals surface area contributed by atoms with Crippen LogP contribution in [0.1, 0.15) is 47.7 Å². The van der Waals surface area contributed by atoms with Crippen molar-refractivity contribution < 1.29 is 4.79 Å². The molecule has 0 radical (unpaired) electrons. The maximum absolute atomic E-state index is 12.9. The normalized spacial score (nSPS) is 12.2. The number of nitrogens with zero attached hydrogens (tertiary/aromatic N) is 3. The van der Waals surface area contributed by atoms with E-state index in [1.54, 1.807) is 18.6 Å². The minimum Gasteiger partial charge on any atom is -0.267 e. The van der Waals surface area contributed by atoms with Crippen molar-refractivity contribution in [2.45, 2.75) is 26.2 Å². The summed E-state index contributed by atoms with van der Waals surface area (Å²) in [5, 5.41) is 4.89. The van der Waals surface area contributed by atoms with Gasteiger partial charge < -0.3 is 0 Å². The zero-order chi connectivity index (χ0) is 21.6. The van der Waals surface area contributed by atoms with Crippen LogP contribution in [-0.4, -0.2) is 22.1 Å². The monoisotopic (exact) mass is 408 g/mol. The number of aromatic nitrogens is 2. The van der Waals surface area contributed by atoms with Crippen molar-refractivity contribution in [3.63, 3.8) is 0 Å². The lowest BCUT2D eigenvalue weighted by Gasteiger charge is -2.11. The molecule has 0 aliphatic carbocycles.